The molecule has 0 aliphatic rings. The number of furan rings is 1. The monoisotopic (exact) mass is 307 g/mol. The molecular formula is C20H21NO2. The van der Waals surface area contributed by atoms with Gasteiger partial charge in [-0.2, -0.15) is 0 Å². The molecule has 0 bridgehead atoms. The second-order valence-electron chi connectivity index (χ2n) is 5.45. The molecule has 3 aromatic rings. The Hall–Kier alpha value is -2.52. The van der Waals surface area contributed by atoms with Gasteiger partial charge in [0.1, 0.15) is 18.1 Å². The Morgan fingerprint density at radius 2 is 1.61 bits per heavy atom. The minimum Gasteiger partial charge on any atom is -0.463 e. The molecule has 1 atom stereocenters. The first-order valence-corrected chi connectivity index (χ1v) is 7.84. The number of hydrogen-bond acceptors (Lipinski definition) is 3. The molecular weight excluding hydrogens is 286 g/mol. The van der Waals surface area contributed by atoms with Crippen LogP contribution in [0.15, 0.2) is 71.1 Å². The van der Waals surface area contributed by atoms with Gasteiger partial charge < -0.3 is 14.9 Å². The zero-order valence-electron chi connectivity index (χ0n) is 13.2. The molecule has 0 aliphatic heterocycles. The number of hydrogen-bond donors (Lipinski definition) is 1. The van der Waals surface area contributed by atoms with Crippen molar-refractivity contribution in [2.24, 2.45) is 0 Å². The third kappa shape index (κ3) is 3.63. The first kappa shape index (κ1) is 15.4. The number of nitrogens with two attached hydrogens (primary N) is 1. The molecule has 0 radical (unpaired) electrons. The Labute approximate surface area is 136 Å². The van der Waals surface area contributed by atoms with Crippen LogP contribution in [0.5, 0.6) is 0 Å². The van der Waals surface area contributed by atoms with E-state index in [1.807, 2.05) is 49.4 Å². The number of anilines is 1. The summed E-state index contributed by atoms with van der Waals surface area (Å²) in [5.74, 6) is 1.81. The van der Waals surface area contributed by atoms with Gasteiger partial charge in [-0.25, -0.2) is 0 Å². The largest absolute Gasteiger partial charge is 0.463 e. The maximum atomic E-state index is 6.03. The van der Waals surface area contributed by atoms with Crippen LogP contribution in [0.4, 0.5) is 5.69 Å². The number of ether oxygens (including phenoxy) is 1. The van der Waals surface area contributed by atoms with Crippen LogP contribution < -0.4 is 5.73 Å². The first-order chi connectivity index (χ1) is 11.3. The van der Waals surface area contributed by atoms with Gasteiger partial charge in [0.25, 0.3) is 0 Å². The molecule has 1 unspecified atom stereocenters. The summed E-state index contributed by atoms with van der Waals surface area (Å²) in [5, 5.41) is 0. The Kier molecular flexibility index (Phi) is 4.79. The Morgan fingerprint density at radius 3 is 2.30 bits per heavy atom. The van der Waals surface area contributed by atoms with E-state index < -0.39 is 0 Å². The highest BCUT2D eigenvalue weighted by Gasteiger charge is 2.20. The summed E-state index contributed by atoms with van der Waals surface area (Å²) < 4.78 is 11.5. The summed E-state index contributed by atoms with van der Waals surface area (Å²) in [7, 11) is 0. The molecule has 0 fully saturated rings. The zero-order valence-corrected chi connectivity index (χ0v) is 13.2. The summed E-state index contributed by atoms with van der Waals surface area (Å²) >= 11 is 0. The van der Waals surface area contributed by atoms with E-state index in [-0.39, 0.29) is 5.92 Å². The van der Waals surface area contributed by atoms with Gasteiger partial charge in [0.15, 0.2) is 0 Å². The Bertz CT molecular complexity index is 732. The van der Waals surface area contributed by atoms with E-state index >= 15 is 0 Å². The van der Waals surface area contributed by atoms with Crippen molar-refractivity contribution in [3.05, 3.63) is 89.4 Å². The van der Waals surface area contributed by atoms with E-state index in [0.29, 0.717) is 13.2 Å². The van der Waals surface area contributed by atoms with Gasteiger partial charge in [-0.05, 0) is 42.3 Å². The number of benzene rings is 2. The molecule has 0 saturated heterocycles. The molecule has 1 aromatic heterocycles. The summed E-state index contributed by atoms with van der Waals surface area (Å²) in [6.07, 6.45) is 0. The van der Waals surface area contributed by atoms with E-state index in [1.165, 1.54) is 5.56 Å². The van der Waals surface area contributed by atoms with Gasteiger partial charge in [0.05, 0.1) is 5.92 Å². The summed E-state index contributed by atoms with van der Waals surface area (Å²) in [5.41, 5.74) is 8.93. The molecule has 3 rings (SSSR count). The molecule has 1 heterocycles. The van der Waals surface area contributed by atoms with Crippen LogP contribution >= 0.6 is 0 Å². The fourth-order valence-electron chi connectivity index (χ4n) is 2.68. The minimum atomic E-state index is 0.0483. The molecule has 23 heavy (non-hydrogen) atoms. The topological polar surface area (TPSA) is 48.4 Å². The highest BCUT2D eigenvalue weighted by Crippen LogP contribution is 2.33. The van der Waals surface area contributed by atoms with Gasteiger partial charge in [-0.1, -0.05) is 42.5 Å². The van der Waals surface area contributed by atoms with Crippen molar-refractivity contribution in [3.63, 3.8) is 0 Å². The highest BCUT2D eigenvalue weighted by atomic mass is 16.5. The van der Waals surface area contributed by atoms with Crippen LogP contribution in [-0.4, -0.2) is 6.61 Å². The normalized spacial score (nSPS) is 12.2. The average Bonchev–Trinajstić information content (AvgIpc) is 3.04. The van der Waals surface area contributed by atoms with Crippen LogP contribution in [-0.2, 0) is 11.3 Å². The van der Waals surface area contributed by atoms with Crippen molar-refractivity contribution in [3.8, 4) is 0 Å². The van der Waals surface area contributed by atoms with Crippen LogP contribution in [0.1, 0.15) is 35.5 Å². The lowest BCUT2D eigenvalue weighted by Crippen LogP contribution is -2.02. The molecule has 0 spiro atoms. The van der Waals surface area contributed by atoms with Crippen LogP contribution in [0.2, 0.25) is 0 Å². The third-order valence-electron chi connectivity index (χ3n) is 3.82. The maximum absolute atomic E-state index is 6.03. The molecule has 0 saturated carbocycles. The van der Waals surface area contributed by atoms with Gasteiger partial charge in [0.2, 0.25) is 0 Å². The molecule has 3 heteroatoms. The average molecular weight is 307 g/mol. The van der Waals surface area contributed by atoms with Crippen LogP contribution in [0.25, 0.3) is 0 Å². The lowest BCUT2D eigenvalue weighted by molar-refractivity contribution is 0.117. The SMILES string of the molecule is CCOCc1ccc(C(c2ccccc2)c2ccc(N)cc2)o1. The van der Waals surface area contributed by atoms with E-state index in [4.69, 9.17) is 14.9 Å². The van der Waals surface area contributed by atoms with E-state index in [0.717, 1.165) is 22.8 Å². The summed E-state index contributed by atoms with van der Waals surface area (Å²) in [4.78, 5) is 0. The van der Waals surface area contributed by atoms with E-state index in [1.54, 1.807) is 0 Å². The second-order valence-corrected chi connectivity index (χ2v) is 5.45. The van der Waals surface area contributed by atoms with E-state index in [9.17, 15) is 0 Å². The molecule has 3 nitrogen and oxygen atoms in total. The van der Waals surface area contributed by atoms with Crippen LogP contribution in [0, 0.1) is 0 Å². The third-order valence-corrected chi connectivity index (χ3v) is 3.82. The summed E-state index contributed by atoms with van der Waals surface area (Å²) in [6.45, 7) is 3.15. The quantitative estimate of drug-likeness (QED) is 0.678. The van der Waals surface area contributed by atoms with Crippen molar-refractivity contribution in [1.29, 1.82) is 0 Å². The molecule has 0 amide bonds. The fraction of sp³-hybridized carbons (Fsp3) is 0.200. The molecule has 0 aliphatic carbocycles. The smallest absolute Gasteiger partial charge is 0.129 e. The number of rotatable bonds is 6. The van der Waals surface area contributed by atoms with Gasteiger partial charge >= 0.3 is 0 Å². The minimum absolute atomic E-state index is 0.0483. The highest BCUT2D eigenvalue weighted by molar-refractivity contribution is 5.45. The predicted molar refractivity (Wildman–Crippen MR) is 92.3 cm³/mol. The Morgan fingerprint density at radius 1 is 0.913 bits per heavy atom. The van der Waals surface area contributed by atoms with Gasteiger partial charge in [-0.15, -0.1) is 0 Å². The van der Waals surface area contributed by atoms with Crippen molar-refractivity contribution < 1.29 is 9.15 Å². The van der Waals surface area contributed by atoms with Gasteiger partial charge in [-0.3, -0.25) is 0 Å². The number of nitrogen functional groups attached to an aromatic ring is 1. The molecule has 118 valence electrons. The lowest BCUT2D eigenvalue weighted by atomic mass is 9.89. The lowest BCUT2D eigenvalue weighted by Gasteiger charge is -2.16. The molecule has 2 N–H and O–H groups in total. The van der Waals surface area contributed by atoms with Crippen molar-refractivity contribution in [1.82, 2.24) is 0 Å². The fourth-order valence-corrected chi connectivity index (χ4v) is 2.68. The predicted octanol–water partition coefficient (Wildman–Crippen LogP) is 4.58. The zero-order chi connectivity index (χ0) is 16.1. The second kappa shape index (κ2) is 7.16. The summed E-state index contributed by atoms with van der Waals surface area (Å²) in [6, 6.07) is 22.3. The van der Waals surface area contributed by atoms with E-state index in [2.05, 4.69) is 24.3 Å². The standard InChI is InChI=1S/C20H21NO2/c1-2-22-14-18-12-13-19(23-18)20(15-6-4-3-5-7-15)16-8-10-17(21)11-9-16/h3-13,20H,2,14,21H2,1H3. The first-order valence-electron chi connectivity index (χ1n) is 7.84. The van der Waals surface area contributed by atoms with Crippen molar-refractivity contribution in [2.75, 3.05) is 12.3 Å². The van der Waals surface area contributed by atoms with Crippen LogP contribution in [0.3, 0.4) is 0 Å². The van der Waals surface area contributed by atoms with Crippen molar-refractivity contribution in [2.45, 2.75) is 19.4 Å². The Balaban J connectivity index is 1.98. The van der Waals surface area contributed by atoms with Crippen molar-refractivity contribution >= 4 is 5.69 Å². The van der Waals surface area contributed by atoms with Gasteiger partial charge in [0, 0.05) is 12.3 Å². The maximum Gasteiger partial charge on any atom is 0.129 e. The molecule has 2 aromatic carbocycles.